The van der Waals surface area contributed by atoms with Crippen LogP contribution in [0.4, 0.5) is 0 Å². The van der Waals surface area contributed by atoms with Gasteiger partial charge in [-0.15, -0.1) is 23.7 Å². The molecule has 0 spiro atoms. The van der Waals surface area contributed by atoms with Gasteiger partial charge in [-0.2, -0.15) is 0 Å². The zero-order chi connectivity index (χ0) is 14.1. The lowest BCUT2D eigenvalue weighted by Crippen LogP contribution is -2.75. The van der Waals surface area contributed by atoms with E-state index >= 15 is 0 Å². The third kappa shape index (κ3) is 2.86. The lowest BCUT2D eigenvalue weighted by Gasteiger charge is -2.57. The maximum atomic E-state index is 12.3. The molecule has 0 bridgehead atoms. The summed E-state index contributed by atoms with van der Waals surface area (Å²) < 4.78 is 5.63. The molecule has 1 aromatic rings. The second kappa shape index (κ2) is 6.43. The van der Waals surface area contributed by atoms with E-state index in [9.17, 15) is 4.79 Å². The molecule has 1 aliphatic rings. The Labute approximate surface area is 130 Å². The summed E-state index contributed by atoms with van der Waals surface area (Å²) in [6.07, 6.45) is 0.652. The summed E-state index contributed by atoms with van der Waals surface area (Å²) in [5, 5.41) is 4.93. The minimum atomic E-state index is -0.829. The minimum absolute atomic E-state index is 0. The van der Waals surface area contributed by atoms with Gasteiger partial charge in [-0.05, 0) is 18.4 Å². The largest absolute Gasteiger partial charge is 0.378 e. The molecule has 20 heavy (non-hydrogen) atoms. The number of carbonyl (C=O) groups excluding carboxylic acids is 1. The molecule has 1 saturated carbocycles. The first-order valence-electron chi connectivity index (χ1n) is 6.63. The van der Waals surface area contributed by atoms with Gasteiger partial charge in [-0.25, -0.2) is 0 Å². The van der Waals surface area contributed by atoms with Crippen molar-refractivity contribution in [1.82, 2.24) is 5.32 Å². The fourth-order valence-corrected chi connectivity index (χ4v) is 3.20. The number of hydrogen-bond acceptors (Lipinski definition) is 4. The number of halogens is 1. The van der Waals surface area contributed by atoms with E-state index in [0.717, 1.165) is 4.88 Å². The summed E-state index contributed by atoms with van der Waals surface area (Å²) in [5.41, 5.74) is 5.14. The summed E-state index contributed by atoms with van der Waals surface area (Å²) >= 11 is 1.63. The van der Waals surface area contributed by atoms with Crippen LogP contribution < -0.4 is 11.1 Å². The Morgan fingerprint density at radius 3 is 2.80 bits per heavy atom. The fraction of sp³-hybridized carbons (Fsp3) is 0.643. The zero-order valence-electron chi connectivity index (χ0n) is 12.1. The number of ether oxygens (including phenoxy) is 1. The van der Waals surface area contributed by atoms with E-state index in [0.29, 0.717) is 19.6 Å². The van der Waals surface area contributed by atoms with E-state index in [4.69, 9.17) is 10.5 Å². The summed E-state index contributed by atoms with van der Waals surface area (Å²) in [7, 11) is 0. The van der Waals surface area contributed by atoms with Crippen molar-refractivity contribution in [2.75, 3.05) is 6.61 Å². The number of hydrogen-bond donors (Lipinski definition) is 2. The molecule has 2 atom stereocenters. The van der Waals surface area contributed by atoms with Gasteiger partial charge in [0.2, 0.25) is 5.91 Å². The van der Waals surface area contributed by atoms with Crippen LogP contribution in [0.25, 0.3) is 0 Å². The van der Waals surface area contributed by atoms with Crippen molar-refractivity contribution in [3.8, 4) is 0 Å². The predicted octanol–water partition coefficient (Wildman–Crippen LogP) is 2.32. The summed E-state index contributed by atoms with van der Waals surface area (Å²) in [4.78, 5) is 13.5. The molecule has 114 valence electrons. The first kappa shape index (κ1) is 17.4. The molecule has 2 unspecified atom stereocenters. The van der Waals surface area contributed by atoms with Crippen LogP contribution in [0.15, 0.2) is 17.5 Å². The number of thiophene rings is 1. The van der Waals surface area contributed by atoms with E-state index in [1.165, 1.54) is 0 Å². The topological polar surface area (TPSA) is 64.3 Å². The molecule has 0 aromatic carbocycles. The van der Waals surface area contributed by atoms with E-state index in [2.05, 4.69) is 5.32 Å². The van der Waals surface area contributed by atoms with Gasteiger partial charge in [0.05, 0.1) is 12.6 Å². The van der Waals surface area contributed by atoms with Crippen molar-refractivity contribution >= 4 is 29.7 Å². The fourth-order valence-electron chi connectivity index (χ4n) is 2.56. The number of rotatable bonds is 5. The smallest absolute Gasteiger partial charge is 0.241 e. The third-order valence-electron chi connectivity index (χ3n) is 4.24. The highest BCUT2D eigenvalue weighted by Gasteiger charge is 2.62. The van der Waals surface area contributed by atoms with Crippen molar-refractivity contribution in [1.29, 1.82) is 0 Å². The molecule has 3 N–H and O–H groups in total. The second-order valence-corrected chi connectivity index (χ2v) is 6.64. The molecule has 1 aliphatic carbocycles. The molecule has 6 heteroatoms. The lowest BCUT2D eigenvalue weighted by molar-refractivity contribution is -0.170. The number of carbonyl (C=O) groups is 1. The first-order chi connectivity index (χ1) is 8.91. The van der Waals surface area contributed by atoms with Crippen LogP contribution in [0.3, 0.4) is 0 Å². The average molecular weight is 319 g/mol. The molecule has 0 radical (unpaired) electrons. The van der Waals surface area contributed by atoms with Gasteiger partial charge in [-0.3, -0.25) is 4.79 Å². The zero-order valence-corrected chi connectivity index (χ0v) is 13.8. The molecule has 1 aromatic heterocycles. The van der Waals surface area contributed by atoms with Crippen LogP contribution in [0.1, 0.15) is 32.1 Å². The highest BCUT2D eigenvalue weighted by Crippen LogP contribution is 2.49. The van der Waals surface area contributed by atoms with Crippen LogP contribution in [0.5, 0.6) is 0 Å². The van der Waals surface area contributed by atoms with Crippen molar-refractivity contribution in [3.63, 3.8) is 0 Å². The predicted molar refractivity (Wildman–Crippen MR) is 84.1 cm³/mol. The van der Waals surface area contributed by atoms with E-state index < -0.39 is 5.54 Å². The Hall–Kier alpha value is -0.620. The highest BCUT2D eigenvalue weighted by molar-refractivity contribution is 7.09. The Bertz CT molecular complexity index is 450. The maximum absolute atomic E-state index is 12.3. The van der Waals surface area contributed by atoms with Gasteiger partial charge < -0.3 is 15.8 Å². The van der Waals surface area contributed by atoms with Gasteiger partial charge in [0.15, 0.2) is 0 Å². The molecule has 1 amide bonds. The molecule has 4 nitrogen and oxygen atoms in total. The highest BCUT2D eigenvalue weighted by atomic mass is 35.5. The standard InChI is InChI=1S/C14H22N2O2S.ClH/c1-4-18-11-8-14(15,13(11,2)3)12(17)16-9-10-6-5-7-19-10;/h5-7,11H,4,8-9,15H2,1-3H3,(H,16,17);1H. The summed E-state index contributed by atoms with van der Waals surface area (Å²) in [6.45, 7) is 7.17. The van der Waals surface area contributed by atoms with Crippen LogP contribution in [-0.4, -0.2) is 24.2 Å². The van der Waals surface area contributed by atoms with Crippen LogP contribution in [0, 0.1) is 5.41 Å². The molecule has 1 heterocycles. The summed E-state index contributed by atoms with van der Waals surface area (Å²) in [5.74, 6) is -0.0816. The normalized spacial score (nSPS) is 27.3. The number of amides is 1. The first-order valence-corrected chi connectivity index (χ1v) is 7.51. The van der Waals surface area contributed by atoms with E-state index in [-0.39, 0.29) is 29.8 Å². The van der Waals surface area contributed by atoms with Crippen LogP contribution >= 0.6 is 23.7 Å². The second-order valence-electron chi connectivity index (χ2n) is 5.60. The van der Waals surface area contributed by atoms with Crippen LogP contribution in [0.2, 0.25) is 0 Å². The third-order valence-corrected chi connectivity index (χ3v) is 5.11. The quantitative estimate of drug-likeness (QED) is 0.875. The number of nitrogens with two attached hydrogens (primary N) is 1. The Morgan fingerprint density at radius 2 is 2.30 bits per heavy atom. The summed E-state index contributed by atoms with van der Waals surface area (Å²) in [6, 6.07) is 3.98. The molecule has 0 saturated heterocycles. The van der Waals surface area contributed by atoms with E-state index in [1.54, 1.807) is 11.3 Å². The van der Waals surface area contributed by atoms with Crippen LogP contribution in [-0.2, 0) is 16.1 Å². The monoisotopic (exact) mass is 318 g/mol. The molecular weight excluding hydrogens is 296 g/mol. The Morgan fingerprint density at radius 1 is 1.60 bits per heavy atom. The molecular formula is C14H23ClN2O2S. The van der Waals surface area contributed by atoms with Crippen molar-refractivity contribution < 1.29 is 9.53 Å². The van der Waals surface area contributed by atoms with Gasteiger partial charge in [0, 0.05) is 23.3 Å². The Balaban J connectivity index is 0.00000200. The van der Waals surface area contributed by atoms with Crippen molar-refractivity contribution in [2.45, 2.75) is 45.4 Å². The average Bonchev–Trinajstić information content (AvgIpc) is 2.88. The Kier molecular flexibility index (Phi) is 5.61. The van der Waals surface area contributed by atoms with Gasteiger partial charge >= 0.3 is 0 Å². The van der Waals surface area contributed by atoms with Gasteiger partial charge in [0.25, 0.3) is 0 Å². The van der Waals surface area contributed by atoms with Crippen molar-refractivity contribution in [2.24, 2.45) is 11.1 Å². The number of nitrogens with one attached hydrogen (secondary N) is 1. The minimum Gasteiger partial charge on any atom is -0.378 e. The van der Waals surface area contributed by atoms with Gasteiger partial charge in [0.1, 0.15) is 5.54 Å². The molecule has 1 fully saturated rings. The van der Waals surface area contributed by atoms with E-state index in [1.807, 2.05) is 38.3 Å². The van der Waals surface area contributed by atoms with Crippen molar-refractivity contribution in [3.05, 3.63) is 22.4 Å². The maximum Gasteiger partial charge on any atom is 0.241 e. The SMILES string of the molecule is CCOC1CC(N)(C(=O)NCc2cccs2)C1(C)C.Cl. The molecule has 0 aliphatic heterocycles. The lowest BCUT2D eigenvalue weighted by atomic mass is 9.54. The molecule has 2 rings (SSSR count). The van der Waals surface area contributed by atoms with Gasteiger partial charge in [-0.1, -0.05) is 19.9 Å².